The maximum absolute atomic E-state index is 15.1. The van der Waals surface area contributed by atoms with Crippen LogP contribution in [0, 0.1) is 5.41 Å². The van der Waals surface area contributed by atoms with Crippen molar-refractivity contribution in [3.8, 4) is 17.2 Å². The molecule has 1 saturated heterocycles. The van der Waals surface area contributed by atoms with E-state index in [0.29, 0.717) is 33.9 Å². The second-order valence-electron chi connectivity index (χ2n) is 16.6. The van der Waals surface area contributed by atoms with Gasteiger partial charge in [0.2, 0.25) is 11.7 Å². The fraction of sp³-hybridized carbons (Fsp3) is 0.354. The van der Waals surface area contributed by atoms with Crippen molar-refractivity contribution in [2.45, 2.75) is 76.9 Å². The highest BCUT2D eigenvalue weighted by atomic mass is 16.7. The summed E-state index contributed by atoms with van der Waals surface area (Å²) in [6.07, 6.45) is -6.06. The topological polar surface area (TPSA) is 195 Å². The first-order valence-electron chi connectivity index (χ1n) is 20.8. The van der Waals surface area contributed by atoms with E-state index in [1.165, 1.54) is 10.9 Å². The van der Waals surface area contributed by atoms with Gasteiger partial charge in [-0.1, -0.05) is 72.8 Å². The van der Waals surface area contributed by atoms with Gasteiger partial charge < -0.3 is 43.6 Å². The van der Waals surface area contributed by atoms with Gasteiger partial charge in [0.25, 0.3) is 5.56 Å². The number of aromatic nitrogens is 4. The van der Waals surface area contributed by atoms with Crippen LogP contribution in [0.5, 0.6) is 17.2 Å². The van der Waals surface area contributed by atoms with E-state index in [1.54, 1.807) is 83.5 Å². The lowest BCUT2D eigenvalue weighted by molar-refractivity contribution is -0.179. The number of nitrogens with zero attached hydrogens (tertiary/aromatic N) is 3. The van der Waals surface area contributed by atoms with Gasteiger partial charge >= 0.3 is 5.97 Å². The van der Waals surface area contributed by atoms with E-state index >= 15 is 4.79 Å². The summed E-state index contributed by atoms with van der Waals surface area (Å²) in [6, 6.07) is 32.6. The Labute approximate surface area is 370 Å². The van der Waals surface area contributed by atoms with Gasteiger partial charge in [0.15, 0.2) is 30.3 Å². The van der Waals surface area contributed by atoms with E-state index in [2.05, 4.69) is 20.3 Å². The molecule has 0 aliphatic carbocycles. The Hall–Kier alpha value is -6.59. The summed E-state index contributed by atoms with van der Waals surface area (Å²) in [7, 11) is 3.13. The number of H-pyrrole nitrogens is 1. The van der Waals surface area contributed by atoms with E-state index in [9.17, 15) is 14.7 Å². The normalized spacial score (nSPS) is 18.1. The first kappa shape index (κ1) is 45.4. The average molecular weight is 876 g/mol. The first-order valence-corrected chi connectivity index (χ1v) is 20.8. The van der Waals surface area contributed by atoms with E-state index in [1.807, 2.05) is 74.5 Å². The molecule has 6 aromatic rings. The molecule has 1 fully saturated rings. The summed E-state index contributed by atoms with van der Waals surface area (Å²) in [5, 5.41) is 15.7. The zero-order valence-corrected chi connectivity index (χ0v) is 36.7. The number of rotatable bonds is 18. The molecule has 0 spiro atoms. The molecule has 3 heterocycles. The number of Topliss-reactive ketones (excluding diaryl/α,β-unsaturated/α-hetero) is 1. The number of carbonyl (C=O) groups excluding carboxylic acids is 2. The third-order valence-corrected chi connectivity index (χ3v) is 10.7. The molecule has 4 aromatic carbocycles. The largest absolute Gasteiger partial charge is 0.497 e. The molecule has 7 rings (SSSR count). The number of nitrogens with one attached hydrogen (secondary N) is 2. The Bertz CT molecular complexity index is 2510. The lowest BCUT2D eigenvalue weighted by Gasteiger charge is -2.40. The van der Waals surface area contributed by atoms with Gasteiger partial charge in [0.05, 0.1) is 26.0 Å². The Morgan fingerprint density at radius 1 is 0.844 bits per heavy atom. The summed E-state index contributed by atoms with van der Waals surface area (Å²) < 4.78 is 44.4. The van der Waals surface area contributed by atoms with Crippen LogP contribution >= 0.6 is 0 Å². The van der Waals surface area contributed by atoms with Crippen LogP contribution in [0.1, 0.15) is 57.5 Å². The third-order valence-electron chi connectivity index (χ3n) is 10.7. The quantitative estimate of drug-likeness (QED) is 0.0504. The summed E-state index contributed by atoms with van der Waals surface area (Å²) >= 11 is 0. The van der Waals surface area contributed by atoms with Gasteiger partial charge in [0, 0.05) is 6.04 Å². The SMILES string of the molecule is COc1ccc(C(OC(C(=O)COc2ccccc2)[C@H]2O[C@@H](n3cnc4c(=O)[nH]c(NC(C)C)nc43)[C@H](OCOC(=O)C(C)(C)C)[C@@H]2O)(c2ccccc2)c2ccc(OC)cc2)cc1. The summed E-state index contributed by atoms with van der Waals surface area (Å²) in [6.45, 7) is 7.77. The molecule has 3 N–H and O–H groups in total. The Morgan fingerprint density at radius 2 is 1.42 bits per heavy atom. The van der Waals surface area contributed by atoms with E-state index < -0.39 is 72.4 Å². The minimum Gasteiger partial charge on any atom is -0.497 e. The Kier molecular flexibility index (Phi) is 13.8. The number of esters is 1. The van der Waals surface area contributed by atoms with Gasteiger partial charge in [-0.25, -0.2) is 4.98 Å². The van der Waals surface area contributed by atoms with Crippen LogP contribution in [0.25, 0.3) is 11.2 Å². The molecule has 5 atom stereocenters. The Balaban J connectivity index is 1.40. The number of aromatic amines is 1. The summed E-state index contributed by atoms with van der Waals surface area (Å²) in [4.78, 5) is 53.0. The second-order valence-corrected chi connectivity index (χ2v) is 16.6. The van der Waals surface area contributed by atoms with Crippen molar-refractivity contribution < 1.29 is 47.9 Å². The van der Waals surface area contributed by atoms with Crippen LogP contribution in [0.15, 0.2) is 120 Å². The van der Waals surface area contributed by atoms with Crippen LogP contribution in [-0.2, 0) is 34.1 Å². The fourth-order valence-corrected chi connectivity index (χ4v) is 7.45. The molecule has 0 amide bonds. The zero-order valence-electron chi connectivity index (χ0n) is 36.7. The lowest BCUT2D eigenvalue weighted by Crippen LogP contribution is -2.51. The van der Waals surface area contributed by atoms with Crippen molar-refractivity contribution >= 4 is 28.9 Å². The number of ether oxygens (including phenoxy) is 7. The minimum absolute atomic E-state index is 0.0176. The number of aliphatic hydroxyl groups excluding tert-OH is 1. The number of carbonyl (C=O) groups is 2. The maximum atomic E-state index is 15.1. The first-order chi connectivity index (χ1) is 30.7. The molecule has 2 aromatic heterocycles. The van der Waals surface area contributed by atoms with Crippen LogP contribution in [0.3, 0.4) is 0 Å². The molecule has 64 heavy (non-hydrogen) atoms. The zero-order chi connectivity index (χ0) is 45.6. The summed E-state index contributed by atoms with van der Waals surface area (Å²) in [5.41, 5.74) is -1.05. The van der Waals surface area contributed by atoms with Crippen LogP contribution in [0.2, 0.25) is 0 Å². The average Bonchev–Trinajstić information content (AvgIpc) is 3.86. The van der Waals surface area contributed by atoms with Gasteiger partial charge in [0.1, 0.15) is 47.8 Å². The highest BCUT2D eigenvalue weighted by molar-refractivity contribution is 5.85. The number of methoxy groups -OCH3 is 2. The molecule has 0 radical (unpaired) electrons. The van der Waals surface area contributed by atoms with Crippen molar-refractivity contribution in [1.29, 1.82) is 0 Å². The number of para-hydroxylation sites is 1. The molecule has 16 heteroatoms. The van der Waals surface area contributed by atoms with Crippen molar-refractivity contribution in [3.63, 3.8) is 0 Å². The van der Waals surface area contributed by atoms with Gasteiger partial charge in [-0.2, -0.15) is 4.98 Å². The highest BCUT2D eigenvalue weighted by Crippen LogP contribution is 2.45. The third kappa shape index (κ3) is 9.65. The van der Waals surface area contributed by atoms with E-state index in [0.717, 1.165) is 0 Å². The number of anilines is 1. The number of hydrogen-bond acceptors (Lipinski definition) is 14. The number of benzene rings is 4. The smallest absolute Gasteiger partial charge is 0.313 e. The molecule has 1 aliphatic rings. The molecule has 0 bridgehead atoms. The predicted octanol–water partition coefficient (Wildman–Crippen LogP) is 6.17. The number of aliphatic hydroxyl groups is 1. The second kappa shape index (κ2) is 19.4. The number of imidazole rings is 1. The summed E-state index contributed by atoms with van der Waals surface area (Å²) in [5.74, 6) is 0.611. The van der Waals surface area contributed by atoms with Crippen LogP contribution < -0.4 is 25.1 Å². The molecule has 0 saturated carbocycles. The lowest BCUT2D eigenvalue weighted by atomic mass is 9.79. The molecule has 16 nitrogen and oxygen atoms in total. The van der Waals surface area contributed by atoms with Crippen molar-refractivity contribution in [2.24, 2.45) is 5.41 Å². The molecule has 1 unspecified atom stereocenters. The van der Waals surface area contributed by atoms with Crippen molar-refractivity contribution in [2.75, 3.05) is 32.9 Å². The van der Waals surface area contributed by atoms with Crippen LogP contribution in [-0.4, -0.2) is 94.5 Å². The van der Waals surface area contributed by atoms with Crippen molar-refractivity contribution in [1.82, 2.24) is 19.5 Å². The van der Waals surface area contributed by atoms with E-state index in [4.69, 9.17) is 33.2 Å². The predicted molar refractivity (Wildman–Crippen MR) is 236 cm³/mol. The fourth-order valence-electron chi connectivity index (χ4n) is 7.45. The number of fused-ring (bicyclic) bond motifs is 1. The minimum atomic E-state index is -1.64. The van der Waals surface area contributed by atoms with Gasteiger partial charge in [-0.15, -0.1) is 0 Å². The molecule has 336 valence electrons. The van der Waals surface area contributed by atoms with Crippen LogP contribution in [0.4, 0.5) is 5.95 Å². The number of ketones is 1. The molecular formula is C48H53N5O11. The van der Waals surface area contributed by atoms with Crippen molar-refractivity contribution in [3.05, 3.63) is 143 Å². The van der Waals surface area contributed by atoms with Gasteiger partial charge in [-0.05, 0) is 87.7 Å². The Morgan fingerprint density at radius 3 is 1.98 bits per heavy atom. The highest BCUT2D eigenvalue weighted by Gasteiger charge is 2.54. The van der Waals surface area contributed by atoms with Gasteiger partial charge in [-0.3, -0.25) is 23.9 Å². The standard InChI is InChI=1S/C48H53N5O11/c1-29(2)50-46-51-42-37(43(56)52-46)49-27-53(42)44-41(61-28-62-45(57)47(3,4)5)38(55)40(63-44)39(36(54)26-60-35-16-12-9-13-17-35)64-48(30-14-10-8-11-15-30,31-18-22-33(58-6)23-19-31)32-20-24-34(59-7)25-21-32/h8-25,27,29,38-41,44,55H,26,28H2,1-7H3,(H2,50,51,52,56)/t38-,39?,40+,41-,44-/m1/s1. The van der Waals surface area contributed by atoms with E-state index in [-0.39, 0.29) is 23.2 Å². The maximum Gasteiger partial charge on any atom is 0.313 e. The molecule has 1 aliphatic heterocycles. The molecular weight excluding hydrogens is 823 g/mol. The monoisotopic (exact) mass is 875 g/mol. The number of hydrogen-bond donors (Lipinski definition) is 3.